The predicted octanol–water partition coefficient (Wildman–Crippen LogP) is 15.0. The molecule has 9 aromatic carbocycles. The number of ketones is 2. The third-order valence-electron chi connectivity index (χ3n) is 14.9. The molecule has 0 fully saturated rings. The zero-order chi connectivity index (χ0) is 44.6. The van der Waals surface area contributed by atoms with Gasteiger partial charge in [0.15, 0.2) is 11.6 Å². The first-order chi connectivity index (χ1) is 32.1. The van der Waals surface area contributed by atoms with Crippen LogP contribution in [0.4, 0.5) is 0 Å². The average molecular weight is 849 g/mol. The molecule has 0 saturated carbocycles. The Hall–Kier alpha value is -8.08. The molecular formula is C62H44N2O2. The number of aromatic nitrogens is 2. The molecule has 0 N–H and O–H groups in total. The van der Waals surface area contributed by atoms with E-state index in [1.807, 2.05) is 36.4 Å². The van der Waals surface area contributed by atoms with Crippen LogP contribution in [0.1, 0.15) is 81.8 Å². The number of fused-ring (bicyclic) bond motifs is 10. The molecule has 0 aliphatic heterocycles. The van der Waals surface area contributed by atoms with Crippen molar-refractivity contribution in [2.24, 2.45) is 0 Å². The minimum Gasteiger partial charge on any atom is -0.309 e. The van der Waals surface area contributed by atoms with Crippen LogP contribution in [0, 0.1) is 0 Å². The second-order valence-electron chi connectivity index (χ2n) is 19.1. The number of rotatable bonds is 4. The van der Waals surface area contributed by atoms with Gasteiger partial charge in [-0.15, -0.1) is 0 Å². The maximum atomic E-state index is 14.4. The van der Waals surface area contributed by atoms with Crippen molar-refractivity contribution in [1.29, 1.82) is 0 Å². The lowest BCUT2D eigenvalue weighted by Gasteiger charge is -2.35. The minimum absolute atomic E-state index is 0.0626. The number of hydrogen-bond acceptors (Lipinski definition) is 2. The third kappa shape index (κ3) is 5.10. The maximum absolute atomic E-state index is 14.4. The van der Waals surface area contributed by atoms with Gasteiger partial charge in [-0.1, -0.05) is 173 Å². The van der Waals surface area contributed by atoms with Crippen LogP contribution in [-0.2, 0) is 10.8 Å². The van der Waals surface area contributed by atoms with Crippen molar-refractivity contribution in [3.63, 3.8) is 0 Å². The lowest BCUT2D eigenvalue weighted by Crippen LogP contribution is -2.30. The Balaban J connectivity index is 1.26. The molecule has 0 bridgehead atoms. The molecule has 4 nitrogen and oxygen atoms in total. The number of benzene rings is 9. The van der Waals surface area contributed by atoms with Gasteiger partial charge in [-0.05, 0) is 81.9 Å². The fraction of sp³-hybridized carbons (Fsp3) is 0.0968. The van der Waals surface area contributed by atoms with Gasteiger partial charge in [-0.2, -0.15) is 0 Å². The van der Waals surface area contributed by atoms with E-state index in [4.69, 9.17) is 0 Å². The molecule has 0 saturated heterocycles. The third-order valence-corrected chi connectivity index (χ3v) is 14.9. The monoisotopic (exact) mass is 848 g/mol. The van der Waals surface area contributed by atoms with Gasteiger partial charge in [0.1, 0.15) is 0 Å². The summed E-state index contributed by atoms with van der Waals surface area (Å²) in [5, 5.41) is 4.49. The van der Waals surface area contributed by atoms with Crippen molar-refractivity contribution < 1.29 is 9.59 Å². The van der Waals surface area contributed by atoms with E-state index in [2.05, 4.69) is 195 Å². The number of carbonyl (C=O) groups is 2. The van der Waals surface area contributed by atoms with Crippen LogP contribution in [0.3, 0.4) is 0 Å². The Kier molecular flexibility index (Phi) is 7.98. The van der Waals surface area contributed by atoms with Crippen molar-refractivity contribution in [2.75, 3.05) is 0 Å². The summed E-state index contributed by atoms with van der Waals surface area (Å²) in [5.74, 6) is 0.125. The first kappa shape index (κ1) is 38.4. The molecule has 4 heteroatoms. The molecule has 11 aromatic rings. The highest BCUT2D eigenvalue weighted by molar-refractivity contribution is 6.33. The smallest absolute Gasteiger partial charge is 0.193 e. The summed E-state index contributed by atoms with van der Waals surface area (Å²) < 4.78 is 4.90. The van der Waals surface area contributed by atoms with Gasteiger partial charge in [0, 0.05) is 77.1 Å². The van der Waals surface area contributed by atoms with E-state index in [0.29, 0.717) is 0 Å². The Labute approximate surface area is 383 Å². The Morgan fingerprint density at radius 2 is 0.697 bits per heavy atom. The molecule has 13 rings (SSSR count). The lowest BCUT2D eigenvalue weighted by atomic mass is 9.67. The summed E-state index contributed by atoms with van der Waals surface area (Å²) in [6, 6.07) is 68.2. The van der Waals surface area contributed by atoms with Gasteiger partial charge in [-0.25, -0.2) is 0 Å². The Bertz CT molecular complexity index is 3640. The standard InChI is InChI=1S/C62H44N2O2/c1-61(2)47-27-15-11-23-41(47)59(65)43-33-31-37(35-49(43)61)53-55-45-25-13-17-29-51(45)64(40-21-9-6-10-22-40)58(55)54(56-46-26-14-18-30-52(46)63(57(53)56)39-19-7-5-8-20-39)38-32-34-44-50(36-38)62(3,4)48-28-16-12-24-42(48)60(44)66/h5-36H,1-4H3. The van der Waals surface area contributed by atoms with E-state index in [1.165, 1.54) is 0 Å². The highest BCUT2D eigenvalue weighted by Gasteiger charge is 2.39. The fourth-order valence-corrected chi connectivity index (χ4v) is 11.8. The van der Waals surface area contributed by atoms with Crippen molar-refractivity contribution in [3.8, 4) is 33.6 Å². The largest absolute Gasteiger partial charge is 0.309 e. The fourth-order valence-electron chi connectivity index (χ4n) is 11.8. The van der Waals surface area contributed by atoms with E-state index in [0.717, 1.165) is 122 Å². The lowest BCUT2D eigenvalue weighted by molar-refractivity contribution is 0.102. The van der Waals surface area contributed by atoms with Crippen molar-refractivity contribution in [1.82, 2.24) is 9.13 Å². The molecule has 66 heavy (non-hydrogen) atoms. The summed E-state index contributed by atoms with van der Waals surface area (Å²) in [4.78, 5) is 28.7. The van der Waals surface area contributed by atoms with Crippen LogP contribution < -0.4 is 0 Å². The zero-order valence-corrected chi connectivity index (χ0v) is 37.2. The van der Waals surface area contributed by atoms with Gasteiger partial charge in [0.2, 0.25) is 0 Å². The molecule has 0 radical (unpaired) electrons. The SMILES string of the molecule is CC1(C)c2ccccc2C(=O)c2ccc(-c3c4c5ccccc5n(-c5ccccc5)c4c(-c4ccc5c(c4)C(C)(C)c4ccccc4C5=O)c4c5ccccc5n(-c5ccccc5)c34)cc21. The number of para-hydroxylation sites is 4. The molecule has 0 unspecified atom stereocenters. The Morgan fingerprint density at radius 1 is 0.348 bits per heavy atom. The molecule has 0 atom stereocenters. The molecule has 2 heterocycles. The van der Waals surface area contributed by atoms with E-state index in [-0.39, 0.29) is 11.6 Å². The van der Waals surface area contributed by atoms with E-state index in [9.17, 15) is 9.59 Å². The van der Waals surface area contributed by atoms with Crippen LogP contribution in [0.2, 0.25) is 0 Å². The van der Waals surface area contributed by atoms with Gasteiger partial charge < -0.3 is 9.13 Å². The zero-order valence-electron chi connectivity index (χ0n) is 37.2. The summed E-state index contributed by atoms with van der Waals surface area (Å²) in [6.45, 7) is 8.99. The predicted molar refractivity (Wildman–Crippen MR) is 270 cm³/mol. The van der Waals surface area contributed by atoms with Crippen LogP contribution in [0.15, 0.2) is 194 Å². The van der Waals surface area contributed by atoms with Crippen molar-refractivity contribution in [3.05, 3.63) is 239 Å². The first-order valence-corrected chi connectivity index (χ1v) is 22.9. The van der Waals surface area contributed by atoms with Gasteiger partial charge in [-0.3, -0.25) is 9.59 Å². The highest BCUT2D eigenvalue weighted by atomic mass is 16.1. The van der Waals surface area contributed by atoms with E-state index >= 15 is 0 Å². The molecule has 2 aliphatic carbocycles. The number of carbonyl (C=O) groups excluding carboxylic acids is 2. The second-order valence-corrected chi connectivity index (χ2v) is 19.1. The summed E-state index contributed by atoms with van der Waals surface area (Å²) in [7, 11) is 0. The van der Waals surface area contributed by atoms with Crippen LogP contribution in [0.25, 0.3) is 77.2 Å². The summed E-state index contributed by atoms with van der Waals surface area (Å²) in [5.41, 5.74) is 17.0. The molecule has 314 valence electrons. The van der Waals surface area contributed by atoms with E-state index in [1.54, 1.807) is 0 Å². The van der Waals surface area contributed by atoms with Crippen molar-refractivity contribution in [2.45, 2.75) is 38.5 Å². The molecule has 2 aromatic heterocycles. The number of nitrogens with zero attached hydrogens (tertiary/aromatic N) is 2. The van der Waals surface area contributed by atoms with Gasteiger partial charge in [0.05, 0.1) is 22.1 Å². The quantitative estimate of drug-likeness (QED) is 0.177. The Morgan fingerprint density at radius 3 is 1.12 bits per heavy atom. The second kappa shape index (κ2) is 13.7. The van der Waals surface area contributed by atoms with Gasteiger partial charge >= 0.3 is 0 Å². The van der Waals surface area contributed by atoms with Gasteiger partial charge in [0.25, 0.3) is 0 Å². The maximum Gasteiger partial charge on any atom is 0.193 e. The van der Waals surface area contributed by atoms with Crippen molar-refractivity contribution >= 4 is 55.2 Å². The molecule has 0 amide bonds. The topological polar surface area (TPSA) is 44.0 Å². The average Bonchev–Trinajstić information content (AvgIpc) is 3.88. The molecule has 2 aliphatic rings. The normalized spacial score (nSPS) is 14.7. The first-order valence-electron chi connectivity index (χ1n) is 22.9. The summed E-state index contributed by atoms with van der Waals surface area (Å²) in [6.07, 6.45) is 0. The van der Waals surface area contributed by atoms with Crippen LogP contribution in [0.5, 0.6) is 0 Å². The van der Waals surface area contributed by atoms with Crippen LogP contribution >= 0.6 is 0 Å². The molecule has 0 spiro atoms. The molecular weight excluding hydrogens is 805 g/mol. The summed E-state index contributed by atoms with van der Waals surface area (Å²) >= 11 is 0. The minimum atomic E-state index is -0.440. The van der Waals surface area contributed by atoms with E-state index < -0.39 is 10.8 Å². The van der Waals surface area contributed by atoms with Crippen LogP contribution in [-0.4, -0.2) is 20.7 Å². The number of hydrogen-bond donors (Lipinski definition) is 0. The highest BCUT2D eigenvalue weighted by Crippen LogP contribution is 2.54.